The SMILES string of the molecule is CCOc1ccc(C=C2SC(=O)N(Cc3ccccn3)C2=O)cc1. The zero-order valence-corrected chi connectivity index (χ0v) is 14.0. The number of ether oxygens (including phenoxy) is 1. The lowest BCUT2D eigenvalue weighted by Crippen LogP contribution is -2.27. The van der Waals surface area contributed by atoms with E-state index in [0.717, 1.165) is 23.1 Å². The average Bonchev–Trinajstić information content (AvgIpc) is 2.85. The molecule has 24 heavy (non-hydrogen) atoms. The molecule has 2 amide bonds. The molecule has 5 nitrogen and oxygen atoms in total. The maximum atomic E-state index is 12.5. The zero-order chi connectivity index (χ0) is 16.9. The van der Waals surface area contributed by atoms with Crippen LogP contribution in [0.4, 0.5) is 4.79 Å². The molecule has 1 aliphatic heterocycles. The third kappa shape index (κ3) is 3.65. The van der Waals surface area contributed by atoms with Crippen molar-refractivity contribution in [3.05, 3.63) is 64.8 Å². The van der Waals surface area contributed by atoms with Crippen molar-refractivity contribution < 1.29 is 14.3 Å². The first-order chi connectivity index (χ1) is 11.7. The van der Waals surface area contributed by atoms with Gasteiger partial charge in [-0.25, -0.2) is 0 Å². The normalized spacial score (nSPS) is 16.0. The minimum absolute atomic E-state index is 0.187. The summed E-state index contributed by atoms with van der Waals surface area (Å²) in [5.41, 5.74) is 1.53. The van der Waals surface area contributed by atoms with E-state index in [9.17, 15) is 9.59 Å². The van der Waals surface area contributed by atoms with Crippen molar-refractivity contribution in [1.29, 1.82) is 0 Å². The Balaban J connectivity index is 1.75. The molecule has 1 fully saturated rings. The molecule has 0 aliphatic carbocycles. The first-order valence-electron chi connectivity index (χ1n) is 7.55. The highest BCUT2D eigenvalue weighted by molar-refractivity contribution is 8.18. The van der Waals surface area contributed by atoms with Crippen molar-refractivity contribution in [2.75, 3.05) is 6.61 Å². The van der Waals surface area contributed by atoms with E-state index >= 15 is 0 Å². The summed E-state index contributed by atoms with van der Waals surface area (Å²) in [6.07, 6.45) is 3.36. The lowest BCUT2D eigenvalue weighted by atomic mass is 10.2. The minimum Gasteiger partial charge on any atom is -0.494 e. The topological polar surface area (TPSA) is 59.5 Å². The molecule has 0 unspecified atom stereocenters. The van der Waals surface area contributed by atoms with Gasteiger partial charge in [0.15, 0.2) is 0 Å². The van der Waals surface area contributed by atoms with Crippen LogP contribution in [0.3, 0.4) is 0 Å². The number of carbonyl (C=O) groups excluding carboxylic acids is 2. The molecule has 0 N–H and O–H groups in total. The van der Waals surface area contributed by atoms with Crippen LogP contribution in [0.25, 0.3) is 6.08 Å². The molecular weight excluding hydrogens is 324 g/mol. The summed E-state index contributed by atoms with van der Waals surface area (Å²) in [6, 6.07) is 12.8. The fourth-order valence-corrected chi connectivity index (χ4v) is 3.11. The van der Waals surface area contributed by atoms with Gasteiger partial charge in [-0.3, -0.25) is 19.5 Å². The molecule has 0 bridgehead atoms. The van der Waals surface area contributed by atoms with Crippen LogP contribution in [-0.4, -0.2) is 27.6 Å². The fourth-order valence-electron chi connectivity index (χ4n) is 2.27. The van der Waals surface area contributed by atoms with Crippen molar-refractivity contribution in [2.45, 2.75) is 13.5 Å². The van der Waals surface area contributed by atoms with Crippen molar-refractivity contribution >= 4 is 29.0 Å². The number of thioether (sulfide) groups is 1. The quantitative estimate of drug-likeness (QED) is 0.777. The number of nitrogens with zero attached hydrogens (tertiary/aromatic N) is 2. The van der Waals surface area contributed by atoms with E-state index in [0.29, 0.717) is 17.2 Å². The van der Waals surface area contributed by atoms with E-state index in [1.165, 1.54) is 4.90 Å². The number of imide groups is 1. The number of hydrogen-bond donors (Lipinski definition) is 0. The largest absolute Gasteiger partial charge is 0.494 e. The first-order valence-corrected chi connectivity index (χ1v) is 8.37. The van der Waals surface area contributed by atoms with Gasteiger partial charge in [-0.1, -0.05) is 18.2 Å². The number of pyridine rings is 1. The molecule has 122 valence electrons. The Kier molecular flexibility index (Phi) is 4.96. The number of rotatable bonds is 5. The number of amides is 2. The Morgan fingerprint density at radius 3 is 2.62 bits per heavy atom. The van der Waals surface area contributed by atoms with Gasteiger partial charge in [-0.05, 0) is 54.6 Å². The van der Waals surface area contributed by atoms with Crippen LogP contribution in [0, 0.1) is 0 Å². The van der Waals surface area contributed by atoms with Gasteiger partial charge in [0.1, 0.15) is 5.75 Å². The van der Waals surface area contributed by atoms with Crippen LogP contribution >= 0.6 is 11.8 Å². The zero-order valence-electron chi connectivity index (χ0n) is 13.1. The second-order valence-corrected chi connectivity index (χ2v) is 6.08. The molecule has 1 aromatic carbocycles. The highest BCUT2D eigenvalue weighted by Crippen LogP contribution is 2.33. The predicted molar refractivity (Wildman–Crippen MR) is 93.4 cm³/mol. The second-order valence-electron chi connectivity index (χ2n) is 5.09. The average molecular weight is 340 g/mol. The lowest BCUT2D eigenvalue weighted by molar-refractivity contribution is -0.123. The molecule has 1 aliphatic rings. The summed E-state index contributed by atoms with van der Waals surface area (Å²) in [5, 5.41) is -0.275. The Bertz CT molecular complexity index is 773. The van der Waals surface area contributed by atoms with E-state index in [-0.39, 0.29) is 17.7 Å². The van der Waals surface area contributed by atoms with Gasteiger partial charge in [0.25, 0.3) is 11.1 Å². The maximum Gasteiger partial charge on any atom is 0.293 e. The van der Waals surface area contributed by atoms with Gasteiger partial charge in [0, 0.05) is 6.20 Å². The van der Waals surface area contributed by atoms with Gasteiger partial charge in [0.2, 0.25) is 0 Å². The molecular formula is C18H16N2O3S. The molecule has 2 aromatic rings. The smallest absolute Gasteiger partial charge is 0.293 e. The van der Waals surface area contributed by atoms with Crippen LogP contribution in [0.2, 0.25) is 0 Å². The van der Waals surface area contributed by atoms with Crippen molar-refractivity contribution in [1.82, 2.24) is 9.88 Å². The third-order valence-electron chi connectivity index (χ3n) is 3.41. The molecule has 1 aromatic heterocycles. The molecule has 0 spiro atoms. The van der Waals surface area contributed by atoms with Crippen LogP contribution in [0.5, 0.6) is 5.75 Å². The van der Waals surface area contributed by atoms with E-state index in [1.807, 2.05) is 37.3 Å². The third-order valence-corrected chi connectivity index (χ3v) is 4.32. The van der Waals surface area contributed by atoms with Gasteiger partial charge < -0.3 is 4.74 Å². The summed E-state index contributed by atoms with van der Waals surface area (Å²) in [5.74, 6) is 0.488. The van der Waals surface area contributed by atoms with Crippen LogP contribution < -0.4 is 4.74 Å². The molecule has 2 heterocycles. The summed E-state index contributed by atoms with van der Waals surface area (Å²) in [6.45, 7) is 2.71. The highest BCUT2D eigenvalue weighted by atomic mass is 32.2. The van der Waals surface area contributed by atoms with E-state index < -0.39 is 0 Å². The van der Waals surface area contributed by atoms with Gasteiger partial charge >= 0.3 is 0 Å². The number of carbonyl (C=O) groups is 2. The van der Waals surface area contributed by atoms with E-state index in [2.05, 4.69) is 4.98 Å². The predicted octanol–water partition coefficient (Wildman–Crippen LogP) is 3.72. The molecule has 0 radical (unpaired) electrons. The Hall–Kier alpha value is -2.60. The molecule has 6 heteroatoms. The number of aromatic nitrogens is 1. The lowest BCUT2D eigenvalue weighted by Gasteiger charge is -2.11. The highest BCUT2D eigenvalue weighted by Gasteiger charge is 2.35. The van der Waals surface area contributed by atoms with Gasteiger partial charge in [-0.2, -0.15) is 0 Å². The minimum atomic E-state index is -0.287. The molecule has 1 saturated heterocycles. The molecule has 0 saturated carbocycles. The van der Waals surface area contributed by atoms with Crippen molar-refractivity contribution in [3.8, 4) is 5.75 Å². The summed E-state index contributed by atoms with van der Waals surface area (Å²) in [4.78, 5) is 30.4. The standard InChI is InChI=1S/C18H16N2O3S/c1-2-23-15-8-6-13(7-9-15)11-16-17(21)20(18(22)24-16)12-14-5-3-4-10-19-14/h3-11H,2,12H2,1H3. The Morgan fingerprint density at radius 2 is 1.96 bits per heavy atom. The van der Waals surface area contributed by atoms with Gasteiger partial charge in [-0.15, -0.1) is 0 Å². The second kappa shape index (κ2) is 7.31. The monoisotopic (exact) mass is 340 g/mol. The summed E-state index contributed by atoms with van der Waals surface area (Å²) < 4.78 is 5.39. The summed E-state index contributed by atoms with van der Waals surface area (Å²) >= 11 is 0.950. The van der Waals surface area contributed by atoms with Gasteiger partial charge in [0.05, 0.1) is 23.8 Å². The van der Waals surface area contributed by atoms with Crippen LogP contribution in [0.1, 0.15) is 18.2 Å². The van der Waals surface area contributed by atoms with Crippen LogP contribution in [0.15, 0.2) is 53.6 Å². The van der Waals surface area contributed by atoms with Crippen LogP contribution in [-0.2, 0) is 11.3 Å². The number of hydrogen-bond acceptors (Lipinski definition) is 5. The maximum absolute atomic E-state index is 12.5. The van der Waals surface area contributed by atoms with Crippen molar-refractivity contribution in [2.24, 2.45) is 0 Å². The fraction of sp³-hybridized carbons (Fsp3) is 0.167. The summed E-state index contributed by atoms with van der Waals surface area (Å²) in [7, 11) is 0. The Morgan fingerprint density at radius 1 is 1.17 bits per heavy atom. The molecule has 3 rings (SSSR count). The van der Waals surface area contributed by atoms with Crippen molar-refractivity contribution in [3.63, 3.8) is 0 Å². The van der Waals surface area contributed by atoms with E-state index in [1.54, 1.807) is 24.4 Å². The first kappa shape index (κ1) is 16.3. The molecule has 0 atom stereocenters. The van der Waals surface area contributed by atoms with E-state index in [4.69, 9.17) is 4.74 Å². The number of benzene rings is 1. The Labute approximate surface area is 144 Å².